The highest BCUT2D eigenvalue weighted by Gasteiger charge is 2.60. The van der Waals surface area contributed by atoms with E-state index in [1.807, 2.05) is 0 Å². The minimum Gasteiger partial charge on any atom is -0.371 e. The van der Waals surface area contributed by atoms with Crippen LogP contribution in [-0.2, 0) is 4.74 Å². The molecule has 0 aromatic heterocycles. The average molecular weight is 994 g/mol. The molecule has 10 atom stereocenters. The minimum absolute atomic E-state index is 0.115. The van der Waals surface area contributed by atoms with Crippen LogP contribution in [0.5, 0.6) is 0 Å². The third-order valence-electron chi connectivity index (χ3n) is 22.4. The highest BCUT2D eigenvalue weighted by molar-refractivity contribution is 5.73. The first-order valence-electron chi connectivity index (χ1n) is 31.2. The Kier molecular flexibility index (Phi) is 14.4. The van der Waals surface area contributed by atoms with Crippen molar-refractivity contribution in [3.05, 3.63) is 143 Å². The van der Waals surface area contributed by atoms with Crippen molar-refractivity contribution in [2.45, 2.75) is 232 Å². The lowest BCUT2D eigenvalue weighted by molar-refractivity contribution is -0.00361. The van der Waals surface area contributed by atoms with Crippen molar-refractivity contribution in [2.24, 2.45) is 51.8 Å². The topological polar surface area (TPSA) is 15.7 Å². The summed E-state index contributed by atoms with van der Waals surface area (Å²) >= 11 is 0. The molecule has 0 bridgehead atoms. The number of ether oxygens (including phenoxy) is 1. The van der Waals surface area contributed by atoms with Gasteiger partial charge in [-0.25, -0.2) is 0 Å². The molecule has 2 saturated carbocycles. The van der Waals surface area contributed by atoms with Crippen LogP contribution in [0, 0.1) is 51.8 Å². The van der Waals surface area contributed by atoms with E-state index in [1.165, 1.54) is 127 Å². The molecule has 10 aliphatic carbocycles. The van der Waals surface area contributed by atoms with Gasteiger partial charge < -0.3 is 14.5 Å². The summed E-state index contributed by atoms with van der Waals surface area (Å²) in [7, 11) is 0. The summed E-state index contributed by atoms with van der Waals surface area (Å²) < 4.78 is 6.93. The number of hydrogen-bond donors (Lipinski definition) is 0. The molecule has 11 aliphatic rings. The third kappa shape index (κ3) is 9.17. The van der Waals surface area contributed by atoms with Crippen molar-refractivity contribution in [3.63, 3.8) is 0 Å². The van der Waals surface area contributed by atoms with Crippen LogP contribution in [0.4, 0.5) is 5.69 Å². The van der Waals surface area contributed by atoms with Crippen LogP contribution >= 0.6 is 0 Å². The Bertz CT molecular complexity index is 2530. The van der Waals surface area contributed by atoms with Gasteiger partial charge in [-0.1, -0.05) is 163 Å². The molecule has 0 amide bonds. The molecule has 0 N–H and O–H groups in total. The molecule has 0 saturated heterocycles. The lowest BCUT2D eigenvalue weighted by Crippen LogP contribution is -2.50. The summed E-state index contributed by atoms with van der Waals surface area (Å²) in [5.41, 5.74) is 15.4. The van der Waals surface area contributed by atoms with Crippen molar-refractivity contribution in [2.75, 3.05) is 4.90 Å². The van der Waals surface area contributed by atoms with Crippen LogP contribution < -0.4 is 4.90 Å². The molecule has 12 rings (SSSR count). The fourth-order valence-corrected chi connectivity index (χ4v) is 18.3. The van der Waals surface area contributed by atoms with Gasteiger partial charge >= 0.3 is 0 Å². The minimum atomic E-state index is 0.115. The van der Waals surface area contributed by atoms with Gasteiger partial charge in [-0.3, -0.25) is 0 Å². The van der Waals surface area contributed by atoms with Gasteiger partial charge in [0.15, 0.2) is 0 Å². The maximum atomic E-state index is 6.93. The fraction of sp³-hybridized carbons (Fsp3) is 0.634. The van der Waals surface area contributed by atoms with E-state index in [1.54, 1.807) is 39.1 Å². The predicted molar refractivity (Wildman–Crippen MR) is 313 cm³/mol. The average Bonchev–Trinajstić information content (AvgIpc) is 3.88. The molecular weight excluding hydrogens is 897 g/mol. The van der Waals surface area contributed by atoms with Gasteiger partial charge in [-0.15, -0.1) is 6.58 Å². The van der Waals surface area contributed by atoms with E-state index >= 15 is 0 Å². The first-order valence-corrected chi connectivity index (χ1v) is 31.2. The molecule has 1 aromatic rings. The van der Waals surface area contributed by atoms with Gasteiger partial charge in [0.2, 0.25) is 0 Å². The smallest absolute Gasteiger partial charge is 0.0760 e. The molecule has 396 valence electrons. The second-order valence-corrected chi connectivity index (χ2v) is 27.4. The van der Waals surface area contributed by atoms with E-state index in [2.05, 4.69) is 155 Å². The highest BCUT2D eigenvalue weighted by Crippen LogP contribution is 2.68. The zero-order valence-corrected chi connectivity index (χ0v) is 47.1. The summed E-state index contributed by atoms with van der Waals surface area (Å²) in [6.07, 6.45) is 61.4. The quantitative estimate of drug-likeness (QED) is 0.206. The molecule has 0 spiro atoms. The normalized spacial score (nSPS) is 38.9. The summed E-state index contributed by atoms with van der Waals surface area (Å²) in [5.74, 6) is 4.12. The Morgan fingerprint density at radius 2 is 1.61 bits per heavy atom. The van der Waals surface area contributed by atoms with Gasteiger partial charge in [-0.2, -0.15) is 0 Å². The number of rotatable bonds is 11. The summed E-state index contributed by atoms with van der Waals surface area (Å²) in [5, 5.41) is 0. The molecule has 3 nitrogen and oxygen atoms in total. The summed E-state index contributed by atoms with van der Waals surface area (Å²) in [4.78, 5) is 6.00. The van der Waals surface area contributed by atoms with E-state index in [0.29, 0.717) is 47.9 Å². The van der Waals surface area contributed by atoms with Crippen molar-refractivity contribution >= 4 is 11.3 Å². The molecular formula is C71H96N2O. The molecule has 1 aromatic carbocycles. The van der Waals surface area contributed by atoms with E-state index in [0.717, 1.165) is 56.4 Å². The van der Waals surface area contributed by atoms with Crippen molar-refractivity contribution < 1.29 is 4.74 Å². The Balaban J connectivity index is 0.872. The van der Waals surface area contributed by atoms with Gasteiger partial charge in [-0.05, 0) is 204 Å². The van der Waals surface area contributed by atoms with Crippen LogP contribution in [0.3, 0.4) is 0 Å². The van der Waals surface area contributed by atoms with Crippen molar-refractivity contribution in [1.29, 1.82) is 0 Å². The van der Waals surface area contributed by atoms with E-state index in [-0.39, 0.29) is 22.3 Å². The molecule has 1 aliphatic heterocycles. The zero-order chi connectivity index (χ0) is 50.8. The van der Waals surface area contributed by atoms with Crippen LogP contribution in [0.25, 0.3) is 5.57 Å². The number of hydrogen-bond acceptors (Lipinski definition) is 3. The number of benzene rings is 1. The fourth-order valence-electron chi connectivity index (χ4n) is 18.3. The Labute approximate surface area is 450 Å². The van der Waals surface area contributed by atoms with E-state index in [4.69, 9.17) is 4.74 Å². The van der Waals surface area contributed by atoms with Crippen LogP contribution in [-0.4, -0.2) is 41.3 Å². The van der Waals surface area contributed by atoms with Crippen LogP contribution in [0.1, 0.15) is 201 Å². The van der Waals surface area contributed by atoms with Crippen molar-refractivity contribution in [1.82, 2.24) is 4.90 Å². The van der Waals surface area contributed by atoms with Crippen LogP contribution in [0.15, 0.2) is 137 Å². The number of allylic oxidation sites excluding steroid dienone is 13. The molecule has 74 heavy (non-hydrogen) atoms. The first kappa shape index (κ1) is 51.0. The lowest BCUT2D eigenvalue weighted by Gasteiger charge is -2.53. The zero-order valence-electron chi connectivity index (χ0n) is 47.1. The Hall–Kier alpha value is -3.82. The monoisotopic (exact) mass is 993 g/mol. The summed E-state index contributed by atoms with van der Waals surface area (Å²) in [6, 6.07) is 12.4. The molecule has 2 fully saturated rings. The maximum Gasteiger partial charge on any atom is 0.0760 e. The van der Waals surface area contributed by atoms with Crippen molar-refractivity contribution in [3.8, 4) is 0 Å². The SMILES string of the molecule is C=CC1C=CC(OC2CC=C(C3(C4CCC(C)CC4)C4=C(CCC=C4)C4C=CC(N(c5ccc(C6=CC7=C(CC6)N(C6CCC(CC)CC6)C6CC=CCC76C)cc5)C5CC=C(C(C)(C)C)CC5)CC43)CC2)CC1. The maximum absolute atomic E-state index is 6.93. The third-order valence-corrected chi connectivity index (χ3v) is 22.4. The second kappa shape index (κ2) is 20.9. The highest BCUT2D eigenvalue weighted by atomic mass is 16.5. The molecule has 1 heterocycles. The number of fused-ring (bicyclic) bond motifs is 4. The van der Waals surface area contributed by atoms with Gasteiger partial charge in [0.1, 0.15) is 0 Å². The standard InChI is InChI=1S/C71H96N2O/c1-8-49-19-32-58(33-20-49)73-67-44-25-52(46-66(67)70(7)45-13-12-16-68(70)73)51-23-34-56(35-24-51)72(57-36-28-53(29-37-57)69(4,5)6)59-38-43-63-62-14-10-11-15-64(62)71(65(63)47-59,54-26-17-48(3)18-27-54)55-30-41-61(42-31-55)74-60-39-21-50(9-2)22-40-60/h9,11-13,15,21,23-24,28,30,34-35,38-39,43,46,48-50,54,57-61,63,65,68H,2,8,10,14,16-20,22,25-27,29,31-33,36-37,40-42,44-45,47H2,1,3-7H3. The second-order valence-electron chi connectivity index (χ2n) is 27.4. The van der Waals surface area contributed by atoms with Gasteiger partial charge in [0, 0.05) is 52.3 Å². The van der Waals surface area contributed by atoms with E-state index in [9.17, 15) is 0 Å². The van der Waals surface area contributed by atoms with E-state index < -0.39 is 0 Å². The summed E-state index contributed by atoms with van der Waals surface area (Å²) in [6.45, 7) is 18.9. The lowest BCUT2D eigenvalue weighted by atomic mass is 9.52. The number of nitrogens with zero attached hydrogens (tertiary/aromatic N) is 2. The van der Waals surface area contributed by atoms with Crippen LogP contribution in [0.2, 0.25) is 0 Å². The Morgan fingerprint density at radius 3 is 2.31 bits per heavy atom. The van der Waals surface area contributed by atoms with Gasteiger partial charge in [0.05, 0.1) is 12.2 Å². The molecule has 3 heteroatoms. The largest absolute Gasteiger partial charge is 0.371 e. The predicted octanol–water partition coefficient (Wildman–Crippen LogP) is 18.5. The first-order chi connectivity index (χ1) is 36.0. The van der Waals surface area contributed by atoms with Gasteiger partial charge in [0.25, 0.3) is 0 Å². The molecule has 0 radical (unpaired) electrons. The number of anilines is 1. The Morgan fingerprint density at radius 1 is 0.784 bits per heavy atom. The molecule has 10 unspecified atom stereocenters.